The average molecular weight is 284 g/mol. The third kappa shape index (κ3) is 3.46. The maximum Gasteiger partial charge on any atom is 0.257 e. The fourth-order valence-corrected chi connectivity index (χ4v) is 1.91. The second-order valence-corrected chi connectivity index (χ2v) is 5.07. The zero-order chi connectivity index (χ0) is 15.5. The van der Waals surface area contributed by atoms with E-state index in [4.69, 9.17) is 5.26 Å². The lowest BCUT2D eigenvalue weighted by atomic mass is 10.1. The minimum atomic E-state index is -1.59. The molecular formula is C15H16N4O2. The van der Waals surface area contributed by atoms with Gasteiger partial charge in [-0.05, 0) is 43.7 Å². The quantitative estimate of drug-likeness (QED) is 0.889. The van der Waals surface area contributed by atoms with Crippen molar-refractivity contribution in [2.45, 2.75) is 26.0 Å². The van der Waals surface area contributed by atoms with Gasteiger partial charge in [0, 0.05) is 18.1 Å². The number of nitriles is 1. The zero-order valence-electron chi connectivity index (χ0n) is 11.9. The van der Waals surface area contributed by atoms with Crippen molar-refractivity contribution in [3.05, 3.63) is 47.8 Å². The van der Waals surface area contributed by atoms with Gasteiger partial charge in [0.1, 0.15) is 0 Å². The number of aromatic nitrogens is 2. The average Bonchev–Trinajstić information content (AvgIpc) is 2.91. The molecule has 1 heterocycles. The van der Waals surface area contributed by atoms with Crippen LogP contribution in [0.25, 0.3) is 0 Å². The number of carbonyl (C=O) groups excluding carboxylic acids is 1. The Morgan fingerprint density at radius 2 is 2.33 bits per heavy atom. The predicted octanol–water partition coefficient (Wildman–Crippen LogP) is 1.45. The van der Waals surface area contributed by atoms with E-state index in [-0.39, 0.29) is 6.54 Å². The van der Waals surface area contributed by atoms with Crippen LogP contribution in [-0.2, 0) is 11.3 Å². The zero-order valence-corrected chi connectivity index (χ0v) is 11.9. The van der Waals surface area contributed by atoms with Crippen molar-refractivity contribution in [1.29, 1.82) is 5.26 Å². The van der Waals surface area contributed by atoms with E-state index in [1.807, 2.05) is 0 Å². The summed E-state index contributed by atoms with van der Waals surface area (Å²) in [6.45, 7) is 3.28. The van der Waals surface area contributed by atoms with Crippen molar-refractivity contribution in [2.75, 3.05) is 5.32 Å². The van der Waals surface area contributed by atoms with Crippen LogP contribution in [0.4, 0.5) is 5.69 Å². The van der Waals surface area contributed by atoms with Crippen LogP contribution >= 0.6 is 0 Å². The Morgan fingerprint density at radius 3 is 2.90 bits per heavy atom. The Morgan fingerprint density at radius 1 is 1.57 bits per heavy atom. The van der Waals surface area contributed by atoms with Gasteiger partial charge in [-0.3, -0.25) is 9.48 Å². The van der Waals surface area contributed by atoms with Gasteiger partial charge in [0.25, 0.3) is 5.91 Å². The van der Waals surface area contributed by atoms with Gasteiger partial charge in [0.2, 0.25) is 0 Å². The summed E-state index contributed by atoms with van der Waals surface area (Å²) in [6.07, 6.45) is 3.26. The van der Waals surface area contributed by atoms with Gasteiger partial charge in [0.05, 0.1) is 18.2 Å². The Hall–Kier alpha value is -2.65. The summed E-state index contributed by atoms with van der Waals surface area (Å²) in [4.78, 5) is 12.2. The topological polar surface area (TPSA) is 90.9 Å². The molecule has 2 rings (SSSR count). The molecule has 6 heteroatoms. The molecule has 0 aliphatic carbocycles. The first kappa shape index (κ1) is 14.8. The maximum absolute atomic E-state index is 12.2. The van der Waals surface area contributed by atoms with Crippen molar-refractivity contribution >= 4 is 11.6 Å². The van der Waals surface area contributed by atoms with Gasteiger partial charge in [-0.15, -0.1) is 0 Å². The fraction of sp³-hybridized carbons (Fsp3) is 0.267. The highest BCUT2D eigenvalue weighted by molar-refractivity contribution is 5.96. The van der Waals surface area contributed by atoms with Crippen molar-refractivity contribution in [3.63, 3.8) is 0 Å². The molecule has 1 amide bonds. The molecular weight excluding hydrogens is 268 g/mol. The summed E-state index contributed by atoms with van der Waals surface area (Å²) >= 11 is 0. The van der Waals surface area contributed by atoms with Crippen LogP contribution in [0.5, 0.6) is 0 Å². The number of amides is 1. The van der Waals surface area contributed by atoms with E-state index in [1.165, 1.54) is 11.6 Å². The summed E-state index contributed by atoms with van der Waals surface area (Å²) in [7, 11) is 0. The van der Waals surface area contributed by atoms with E-state index >= 15 is 0 Å². The second kappa shape index (κ2) is 5.77. The van der Waals surface area contributed by atoms with Gasteiger partial charge in [-0.2, -0.15) is 10.4 Å². The molecule has 0 saturated heterocycles. The normalized spacial score (nSPS) is 13.2. The highest BCUT2D eigenvalue weighted by atomic mass is 16.3. The SMILES string of the molecule is Cc1cc(NC(=O)C(C)(O)Cn2cccn2)ccc1C#N. The lowest BCUT2D eigenvalue weighted by Crippen LogP contribution is -2.43. The number of nitrogens with one attached hydrogen (secondary N) is 1. The molecule has 0 saturated carbocycles. The summed E-state index contributed by atoms with van der Waals surface area (Å²) in [5.41, 5.74) is 0.268. The maximum atomic E-state index is 12.2. The first-order chi connectivity index (χ1) is 9.92. The Kier molecular flexibility index (Phi) is 4.05. The number of hydrogen-bond donors (Lipinski definition) is 2. The van der Waals surface area contributed by atoms with Crippen LogP contribution in [0, 0.1) is 18.3 Å². The molecule has 0 aliphatic rings. The molecule has 1 aromatic carbocycles. The number of rotatable bonds is 4. The fourth-order valence-electron chi connectivity index (χ4n) is 1.91. The van der Waals surface area contributed by atoms with Gasteiger partial charge < -0.3 is 10.4 Å². The molecule has 0 radical (unpaired) electrons. The van der Waals surface area contributed by atoms with Crippen LogP contribution in [0.15, 0.2) is 36.7 Å². The minimum absolute atomic E-state index is 0.0566. The minimum Gasteiger partial charge on any atom is -0.378 e. The number of aliphatic hydroxyl groups is 1. The predicted molar refractivity (Wildman–Crippen MR) is 77.4 cm³/mol. The van der Waals surface area contributed by atoms with Crippen molar-refractivity contribution < 1.29 is 9.90 Å². The molecule has 1 atom stereocenters. The molecule has 0 spiro atoms. The Labute approximate surface area is 122 Å². The number of nitrogens with zero attached hydrogens (tertiary/aromatic N) is 3. The standard InChI is InChI=1S/C15H16N4O2/c1-11-8-13(5-4-12(11)9-16)18-14(20)15(2,21)10-19-7-3-6-17-19/h3-8,21H,10H2,1-2H3,(H,18,20). The van der Waals surface area contributed by atoms with Crippen LogP contribution in [-0.4, -0.2) is 26.4 Å². The van der Waals surface area contributed by atoms with Crippen molar-refractivity contribution in [2.24, 2.45) is 0 Å². The largest absolute Gasteiger partial charge is 0.378 e. The molecule has 0 fully saturated rings. The lowest BCUT2D eigenvalue weighted by molar-refractivity contribution is -0.133. The highest BCUT2D eigenvalue weighted by Gasteiger charge is 2.31. The molecule has 21 heavy (non-hydrogen) atoms. The van der Waals surface area contributed by atoms with Crippen LogP contribution in [0.2, 0.25) is 0 Å². The van der Waals surface area contributed by atoms with E-state index in [1.54, 1.807) is 43.6 Å². The van der Waals surface area contributed by atoms with Gasteiger partial charge in [-0.25, -0.2) is 0 Å². The number of carbonyl (C=O) groups is 1. The van der Waals surface area contributed by atoms with Gasteiger partial charge in [0.15, 0.2) is 5.60 Å². The van der Waals surface area contributed by atoms with Crippen molar-refractivity contribution in [1.82, 2.24) is 9.78 Å². The van der Waals surface area contributed by atoms with E-state index in [0.717, 1.165) is 5.56 Å². The summed E-state index contributed by atoms with van der Waals surface area (Å²) in [5.74, 6) is -0.526. The van der Waals surface area contributed by atoms with E-state index < -0.39 is 11.5 Å². The summed E-state index contributed by atoms with van der Waals surface area (Å²) in [5, 5.41) is 25.8. The number of anilines is 1. The molecule has 6 nitrogen and oxygen atoms in total. The van der Waals surface area contributed by atoms with Crippen LogP contribution in [0.3, 0.4) is 0 Å². The molecule has 2 aromatic rings. The molecule has 1 aromatic heterocycles. The molecule has 0 aliphatic heterocycles. The highest BCUT2D eigenvalue weighted by Crippen LogP contribution is 2.17. The van der Waals surface area contributed by atoms with E-state index in [0.29, 0.717) is 11.3 Å². The number of benzene rings is 1. The summed E-state index contributed by atoms with van der Waals surface area (Å²) < 4.78 is 1.49. The molecule has 1 unspecified atom stereocenters. The van der Waals surface area contributed by atoms with Crippen LogP contribution < -0.4 is 5.32 Å². The Balaban J connectivity index is 2.10. The third-order valence-corrected chi connectivity index (χ3v) is 3.12. The smallest absolute Gasteiger partial charge is 0.257 e. The number of hydrogen-bond acceptors (Lipinski definition) is 4. The Bertz CT molecular complexity index is 684. The van der Waals surface area contributed by atoms with E-state index in [9.17, 15) is 9.90 Å². The monoisotopic (exact) mass is 284 g/mol. The lowest BCUT2D eigenvalue weighted by Gasteiger charge is -2.22. The van der Waals surface area contributed by atoms with Crippen LogP contribution in [0.1, 0.15) is 18.1 Å². The van der Waals surface area contributed by atoms with E-state index in [2.05, 4.69) is 16.5 Å². The second-order valence-electron chi connectivity index (χ2n) is 5.07. The summed E-state index contributed by atoms with van der Waals surface area (Å²) in [6, 6.07) is 8.74. The van der Waals surface area contributed by atoms with Gasteiger partial charge in [-0.1, -0.05) is 0 Å². The molecule has 108 valence electrons. The van der Waals surface area contributed by atoms with Gasteiger partial charge >= 0.3 is 0 Å². The first-order valence-electron chi connectivity index (χ1n) is 6.44. The molecule has 2 N–H and O–H groups in total. The number of aryl methyl sites for hydroxylation is 1. The van der Waals surface area contributed by atoms with Crippen molar-refractivity contribution in [3.8, 4) is 6.07 Å². The third-order valence-electron chi connectivity index (χ3n) is 3.12. The molecule has 0 bridgehead atoms. The first-order valence-corrected chi connectivity index (χ1v) is 6.44.